The SMILES string of the molecule is CCCc1c(C(=O)Nc2ccc(Cl)cc2)[nH]c2cccc(C=O)c12. The molecule has 0 radical (unpaired) electrons. The Morgan fingerprint density at radius 1 is 1.21 bits per heavy atom. The van der Waals surface area contributed by atoms with Crippen LogP contribution in [0.3, 0.4) is 0 Å². The number of hydrogen-bond donors (Lipinski definition) is 2. The van der Waals surface area contributed by atoms with Crippen LogP contribution in [-0.2, 0) is 6.42 Å². The molecule has 24 heavy (non-hydrogen) atoms. The van der Waals surface area contributed by atoms with Crippen molar-refractivity contribution in [1.29, 1.82) is 0 Å². The second kappa shape index (κ2) is 6.89. The third kappa shape index (κ3) is 3.05. The summed E-state index contributed by atoms with van der Waals surface area (Å²) in [6.07, 6.45) is 2.42. The maximum atomic E-state index is 12.7. The van der Waals surface area contributed by atoms with Crippen LogP contribution in [0.1, 0.15) is 39.8 Å². The molecule has 0 bridgehead atoms. The molecule has 5 heteroatoms. The average Bonchev–Trinajstić information content (AvgIpc) is 2.96. The number of carbonyl (C=O) groups is 2. The fourth-order valence-corrected chi connectivity index (χ4v) is 2.99. The van der Waals surface area contributed by atoms with Gasteiger partial charge >= 0.3 is 0 Å². The van der Waals surface area contributed by atoms with Crippen molar-refractivity contribution in [2.75, 3.05) is 5.32 Å². The summed E-state index contributed by atoms with van der Waals surface area (Å²) in [5.74, 6) is -0.228. The van der Waals surface area contributed by atoms with E-state index in [4.69, 9.17) is 11.6 Å². The molecule has 0 fully saturated rings. The smallest absolute Gasteiger partial charge is 0.272 e. The van der Waals surface area contributed by atoms with E-state index >= 15 is 0 Å². The number of anilines is 1. The van der Waals surface area contributed by atoms with E-state index in [1.165, 1.54) is 0 Å². The lowest BCUT2D eigenvalue weighted by Gasteiger charge is -2.07. The highest BCUT2D eigenvalue weighted by atomic mass is 35.5. The largest absolute Gasteiger partial charge is 0.350 e. The molecule has 4 nitrogen and oxygen atoms in total. The summed E-state index contributed by atoms with van der Waals surface area (Å²) in [7, 11) is 0. The molecule has 0 unspecified atom stereocenters. The molecule has 1 aromatic heterocycles. The summed E-state index contributed by atoms with van der Waals surface area (Å²) in [5, 5.41) is 4.31. The van der Waals surface area contributed by atoms with Gasteiger partial charge in [0.05, 0.1) is 0 Å². The highest BCUT2D eigenvalue weighted by Gasteiger charge is 2.19. The summed E-state index contributed by atoms with van der Waals surface area (Å²) in [5.41, 5.74) is 3.43. The number of rotatable bonds is 5. The number of benzene rings is 2. The number of carbonyl (C=O) groups excluding carboxylic acids is 2. The van der Waals surface area contributed by atoms with Gasteiger partial charge in [0, 0.05) is 27.2 Å². The van der Waals surface area contributed by atoms with Gasteiger partial charge in [-0.05, 0) is 42.3 Å². The molecule has 3 aromatic rings. The topological polar surface area (TPSA) is 62.0 Å². The monoisotopic (exact) mass is 340 g/mol. The van der Waals surface area contributed by atoms with E-state index in [9.17, 15) is 9.59 Å². The third-order valence-electron chi connectivity index (χ3n) is 3.92. The second-order valence-corrected chi connectivity index (χ2v) is 6.01. The van der Waals surface area contributed by atoms with Gasteiger partial charge in [-0.25, -0.2) is 0 Å². The molecule has 0 saturated heterocycles. The first kappa shape index (κ1) is 16.3. The first-order valence-electron chi connectivity index (χ1n) is 7.79. The predicted molar refractivity (Wildman–Crippen MR) is 97.1 cm³/mol. The number of hydrogen-bond acceptors (Lipinski definition) is 2. The van der Waals surface area contributed by atoms with Gasteiger partial charge in [0.2, 0.25) is 0 Å². The van der Waals surface area contributed by atoms with Gasteiger partial charge in [0.15, 0.2) is 6.29 Å². The van der Waals surface area contributed by atoms with Crippen LogP contribution in [-0.4, -0.2) is 17.2 Å². The van der Waals surface area contributed by atoms with Crippen molar-refractivity contribution in [2.45, 2.75) is 19.8 Å². The van der Waals surface area contributed by atoms with E-state index in [1.807, 2.05) is 13.0 Å². The van der Waals surface area contributed by atoms with Gasteiger partial charge in [-0.1, -0.05) is 37.1 Å². The van der Waals surface area contributed by atoms with E-state index in [2.05, 4.69) is 10.3 Å². The molecule has 1 heterocycles. The van der Waals surface area contributed by atoms with Crippen LogP contribution in [0.5, 0.6) is 0 Å². The lowest BCUT2D eigenvalue weighted by molar-refractivity contribution is 0.102. The standard InChI is InChI=1S/C19H17ClN2O2/c1-2-4-15-17-12(11-23)5-3-6-16(17)22-18(15)19(24)21-14-9-7-13(20)8-10-14/h3,5-11,22H,2,4H2,1H3,(H,21,24). The minimum absolute atomic E-state index is 0.228. The molecule has 122 valence electrons. The Labute approximate surface area is 144 Å². The van der Waals surface area contributed by atoms with Crippen molar-refractivity contribution >= 4 is 40.4 Å². The minimum atomic E-state index is -0.228. The van der Waals surface area contributed by atoms with Crippen molar-refractivity contribution in [1.82, 2.24) is 4.98 Å². The van der Waals surface area contributed by atoms with Gasteiger partial charge in [0.1, 0.15) is 5.69 Å². The van der Waals surface area contributed by atoms with Crippen molar-refractivity contribution in [3.8, 4) is 0 Å². The van der Waals surface area contributed by atoms with E-state index in [1.54, 1.807) is 36.4 Å². The molecule has 0 aliphatic heterocycles. The van der Waals surface area contributed by atoms with E-state index in [0.717, 1.165) is 29.2 Å². The Morgan fingerprint density at radius 3 is 2.62 bits per heavy atom. The summed E-state index contributed by atoms with van der Waals surface area (Å²) in [6, 6.07) is 12.4. The van der Waals surface area contributed by atoms with Crippen LogP contribution < -0.4 is 5.32 Å². The Balaban J connectivity index is 2.04. The van der Waals surface area contributed by atoms with E-state index in [0.29, 0.717) is 28.4 Å². The quantitative estimate of drug-likeness (QED) is 0.653. The number of H-pyrrole nitrogens is 1. The Hall–Kier alpha value is -2.59. The highest BCUT2D eigenvalue weighted by Crippen LogP contribution is 2.27. The number of halogens is 1. The summed E-state index contributed by atoms with van der Waals surface area (Å²) >= 11 is 5.87. The average molecular weight is 341 g/mol. The van der Waals surface area contributed by atoms with E-state index < -0.39 is 0 Å². The van der Waals surface area contributed by atoms with Crippen molar-refractivity contribution in [3.63, 3.8) is 0 Å². The molecule has 0 aliphatic carbocycles. The number of aromatic amines is 1. The molecule has 0 atom stereocenters. The molecule has 0 aliphatic rings. The summed E-state index contributed by atoms with van der Waals surface area (Å²) < 4.78 is 0. The van der Waals surface area contributed by atoms with Crippen LogP contribution >= 0.6 is 11.6 Å². The number of amides is 1. The normalized spacial score (nSPS) is 10.8. The Kier molecular flexibility index (Phi) is 4.67. The third-order valence-corrected chi connectivity index (χ3v) is 4.17. The summed E-state index contributed by atoms with van der Waals surface area (Å²) in [6.45, 7) is 2.04. The zero-order valence-electron chi connectivity index (χ0n) is 13.2. The maximum Gasteiger partial charge on any atom is 0.272 e. The lowest BCUT2D eigenvalue weighted by Crippen LogP contribution is -2.14. The molecular weight excluding hydrogens is 324 g/mol. The van der Waals surface area contributed by atoms with Crippen molar-refractivity contribution in [3.05, 3.63) is 64.3 Å². The van der Waals surface area contributed by atoms with Gasteiger partial charge in [0.25, 0.3) is 5.91 Å². The molecule has 0 saturated carbocycles. The molecule has 0 spiro atoms. The number of aryl methyl sites for hydroxylation is 1. The van der Waals surface area contributed by atoms with Gasteiger partial charge < -0.3 is 10.3 Å². The first-order valence-corrected chi connectivity index (χ1v) is 8.17. The molecule has 2 aromatic carbocycles. The molecule has 3 rings (SSSR count). The van der Waals surface area contributed by atoms with Crippen LogP contribution in [0, 0.1) is 0 Å². The molecule has 2 N–H and O–H groups in total. The van der Waals surface area contributed by atoms with Crippen molar-refractivity contribution in [2.24, 2.45) is 0 Å². The number of fused-ring (bicyclic) bond motifs is 1. The van der Waals surface area contributed by atoms with Crippen LogP contribution in [0.4, 0.5) is 5.69 Å². The first-order chi connectivity index (χ1) is 11.6. The van der Waals surface area contributed by atoms with Crippen molar-refractivity contribution < 1.29 is 9.59 Å². The van der Waals surface area contributed by atoms with E-state index in [-0.39, 0.29) is 5.91 Å². The molecule has 1 amide bonds. The lowest BCUT2D eigenvalue weighted by atomic mass is 10.0. The fraction of sp³-hybridized carbons (Fsp3) is 0.158. The van der Waals surface area contributed by atoms with Crippen LogP contribution in [0.25, 0.3) is 10.9 Å². The Bertz CT molecular complexity index is 898. The maximum absolute atomic E-state index is 12.7. The number of aldehydes is 1. The van der Waals surface area contributed by atoms with Gasteiger partial charge in [-0.2, -0.15) is 0 Å². The fourth-order valence-electron chi connectivity index (χ4n) is 2.87. The van der Waals surface area contributed by atoms with Crippen LogP contribution in [0.15, 0.2) is 42.5 Å². The van der Waals surface area contributed by atoms with Crippen LogP contribution in [0.2, 0.25) is 5.02 Å². The second-order valence-electron chi connectivity index (χ2n) is 5.58. The molecular formula is C19H17ClN2O2. The number of nitrogens with one attached hydrogen (secondary N) is 2. The minimum Gasteiger partial charge on any atom is -0.350 e. The zero-order valence-corrected chi connectivity index (χ0v) is 14.0. The summed E-state index contributed by atoms with van der Waals surface area (Å²) in [4.78, 5) is 27.2. The van der Waals surface area contributed by atoms with Gasteiger partial charge in [-0.15, -0.1) is 0 Å². The zero-order chi connectivity index (χ0) is 17.1. The predicted octanol–water partition coefficient (Wildman–Crippen LogP) is 4.84. The number of aromatic nitrogens is 1. The Morgan fingerprint density at radius 2 is 1.96 bits per heavy atom. The highest BCUT2D eigenvalue weighted by molar-refractivity contribution is 6.30. The van der Waals surface area contributed by atoms with Gasteiger partial charge in [-0.3, -0.25) is 9.59 Å².